The minimum atomic E-state index is -0.232. The summed E-state index contributed by atoms with van der Waals surface area (Å²) in [5.74, 6) is 0.586. The molecular weight excluding hydrogens is 272 g/mol. The average molecular weight is 302 g/mol. The third kappa shape index (κ3) is 12.5. The number of ketones is 1. The van der Waals surface area contributed by atoms with Crippen molar-refractivity contribution in [3.8, 4) is 0 Å². The standard InChI is InChI=1S/C15H30N2O4/c1-12(10-16)9-14(11-17)3-4-15(19)21-8-7-20-6-5-13(2)18/h12,14H,3-11,16-17H2,1-2H3. The fourth-order valence-electron chi connectivity index (χ4n) is 1.92. The van der Waals surface area contributed by atoms with Crippen LogP contribution in [0, 0.1) is 11.8 Å². The number of nitrogens with two attached hydrogens (primary N) is 2. The predicted octanol–water partition coefficient (Wildman–Crippen LogP) is 0.865. The van der Waals surface area contributed by atoms with Gasteiger partial charge in [0.15, 0.2) is 0 Å². The number of ether oxygens (including phenoxy) is 2. The van der Waals surface area contributed by atoms with Gasteiger partial charge in [0, 0.05) is 12.8 Å². The van der Waals surface area contributed by atoms with Gasteiger partial charge >= 0.3 is 5.97 Å². The van der Waals surface area contributed by atoms with Crippen LogP contribution in [0.5, 0.6) is 0 Å². The lowest BCUT2D eigenvalue weighted by Crippen LogP contribution is -2.22. The third-order valence-electron chi connectivity index (χ3n) is 3.32. The molecule has 0 fully saturated rings. The molecule has 0 bridgehead atoms. The molecule has 4 N–H and O–H groups in total. The molecule has 21 heavy (non-hydrogen) atoms. The van der Waals surface area contributed by atoms with Crippen LogP contribution in [0.4, 0.5) is 0 Å². The fraction of sp³-hybridized carbons (Fsp3) is 0.867. The van der Waals surface area contributed by atoms with Gasteiger partial charge in [-0.1, -0.05) is 6.92 Å². The van der Waals surface area contributed by atoms with Crippen molar-refractivity contribution < 1.29 is 19.1 Å². The molecule has 6 heteroatoms. The zero-order chi connectivity index (χ0) is 16.1. The molecule has 0 aliphatic heterocycles. The van der Waals surface area contributed by atoms with E-state index < -0.39 is 0 Å². The van der Waals surface area contributed by atoms with Crippen LogP contribution < -0.4 is 11.5 Å². The summed E-state index contributed by atoms with van der Waals surface area (Å²) in [7, 11) is 0. The van der Waals surface area contributed by atoms with E-state index in [9.17, 15) is 9.59 Å². The van der Waals surface area contributed by atoms with Crippen LogP contribution in [0.2, 0.25) is 0 Å². The Bertz CT molecular complexity index is 297. The van der Waals surface area contributed by atoms with Gasteiger partial charge in [-0.15, -0.1) is 0 Å². The highest BCUT2D eigenvalue weighted by Gasteiger charge is 2.13. The van der Waals surface area contributed by atoms with E-state index in [0.29, 0.717) is 51.0 Å². The average Bonchev–Trinajstić information content (AvgIpc) is 2.46. The summed E-state index contributed by atoms with van der Waals surface area (Å²) >= 11 is 0. The highest BCUT2D eigenvalue weighted by molar-refractivity contribution is 5.75. The van der Waals surface area contributed by atoms with E-state index in [4.69, 9.17) is 20.9 Å². The maximum absolute atomic E-state index is 11.6. The van der Waals surface area contributed by atoms with Crippen LogP contribution in [0.25, 0.3) is 0 Å². The van der Waals surface area contributed by atoms with E-state index >= 15 is 0 Å². The number of carbonyl (C=O) groups is 2. The lowest BCUT2D eigenvalue weighted by atomic mass is 9.92. The molecule has 0 heterocycles. The summed E-state index contributed by atoms with van der Waals surface area (Å²) in [6.45, 7) is 5.72. The lowest BCUT2D eigenvalue weighted by molar-refractivity contribution is -0.145. The summed E-state index contributed by atoms with van der Waals surface area (Å²) in [4.78, 5) is 22.2. The van der Waals surface area contributed by atoms with Crippen molar-refractivity contribution in [3.05, 3.63) is 0 Å². The Labute approximate surface area is 127 Å². The Kier molecular flexibility index (Phi) is 12.1. The molecule has 0 amide bonds. The van der Waals surface area contributed by atoms with Crippen LogP contribution in [0.1, 0.15) is 39.5 Å². The number of Topliss-reactive ketones (excluding diaryl/α,β-unsaturated/α-hetero) is 1. The van der Waals surface area contributed by atoms with Crippen molar-refractivity contribution in [2.24, 2.45) is 23.3 Å². The third-order valence-corrected chi connectivity index (χ3v) is 3.32. The number of hydrogen-bond acceptors (Lipinski definition) is 6. The zero-order valence-corrected chi connectivity index (χ0v) is 13.3. The molecule has 2 unspecified atom stereocenters. The van der Waals surface area contributed by atoms with E-state index in [2.05, 4.69) is 6.92 Å². The Morgan fingerprint density at radius 1 is 1.05 bits per heavy atom. The number of carbonyl (C=O) groups excluding carboxylic acids is 2. The molecular formula is C15H30N2O4. The van der Waals surface area contributed by atoms with Crippen LogP contribution in [0.3, 0.4) is 0 Å². The minimum absolute atomic E-state index is 0.0894. The zero-order valence-electron chi connectivity index (χ0n) is 13.3. The summed E-state index contributed by atoms with van der Waals surface area (Å²) in [6, 6.07) is 0. The van der Waals surface area contributed by atoms with Crippen molar-refractivity contribution >= 4 is 11.8 Å². The molecule has 2 atom stereocenters. The summed E-state index contributed by atoms with van der Waals surface area (Å²) < 4.78 is 10.2. The van der Waals surface area contributed by atoms with Gasteiger partial charge < -0.3 is 20.9 Å². The highest BCUT2D eigenvalue weighted by atomic mass is 16.6. The van der Waals surface area contributed by atoms with Crippen molar-refractivity contribution in [3.63, 3.8) is 0 Å². The minimum Gasteiger partial charge on any atom is -0.463 e. The summed E-state index contributed by atoms with van der Waals surface area (Å²) in [5, 5.41) is 0. The Balaban J connectivity index is 3.62. The van der Waals surface area contributed by atoms with Gasteiger partial charge in [0.1, 0.15) is 12.4 Å². The molecule has 0 rings (SSSR count). The van der Waals surface area contributed by atoms with Gasteiger partial charge in [0.05, 0.1) is 13.2 Å². The molecule has 0 aromatic carbocycles. The van der Waals surface area contributed by atoms with Crippen molar-refractivity contribution in [1.82, 2.24) is 0 Å². The lowest BCUT2D eigenvalue weighted by Gasteiger charge is -2.18. The van der Waals surface area contributed by atoms with Gasteiger partial charge in [-0.3, -0.25) is 9.59 Å². The van der Waals surface area contributed by atoms with E-state index in [1.807, 2.05) is 0 Å². The SMILES string of the molecule is CC(=O)CCOCCOC(=O)CCC(CN)CC(C)CN. The van der Waals surface area contributed by atoms with E-state index in [1.54, 1.807) is 0 Å². The maximum atomic E-state index is 11.6. The monoisotopic (exact) mass is 302 g/mol. The molecule has 124 valence electrons. The second-order valence-corrected chi connectivity index (χ2v) is 5.50. The molecule has 0 aliphatic rings. The Morgan fingerprint density at radius 3 is 2.33 bits per heavy atom. The largest absolute Gasteiger partial charge is 0.463 e. The number of rotatable bonds is 13. The molecule has 0 radical (unpaired) electrons. The Morgan fingerprint density at radius 2 is 1.76 bits per heavy atom. The number of esters is 1. The first-order chi connectivity index (χ1) is 9.99. The normalized spacial score (nSPS) is 13.7. The fourth-order valence-corrected chi connectivity index (χ4v) is 1.92. The van der Waals surface area contributed by atoms with Gasteiger partial charge in [-0.2, -0.15) is 0 Å². The van der Waals surface area contributed by atoms with Crippen molar-refractivity contribution in [2.45, 2.75) is 39.5 Å². The van der Waals surface area contributed by atoms with E-state index in [0.717, 1.165) is 12.8 Å². The van der Waals surface area contributed by atoms with Crippen LogP contribution in [-0.4, -0.2) is 44.7 Å². The summed E-state index contributed by atoms with van der Waals surface area (Å²) in [6.07, 6.45) is 2.43. The molecule has 0 saturated carbocycles. The second-order valence-electron chi connectivity index (χ2n) is 5.50. The van der Waals surface area contributed by atoms with Gasteiger partial charge in [-0.05, 0) is 44.7 Å². The molecule has 0 aromatic rings. The Hall–Kier alpha value is -0.980. The number of hydrogen-bond donors (Lipinski definition) is 2. The van der Waals surface area contributed by atoms with Crippen molar-refractivity contribution in [2.75, 3.05) is 32.9 Å². The second kappa shape index (κ2) is 12.7. The molecule has 0 aliphatic carbocycles. The molecule has 6 nitrogen and oxygen atoms in total. The highest BCUT2D eigenvalue weighted by Crippen LogP contribution is 2.16. The quantitative estimate of drug-likeness (QED) is 0.386. The first-order valence-corrected chi connectivity index (χ1v) is 7.62. The van der Waals surface area contributed by atoms with Gasteiger partial charge in [0.2, 0.25) is 0 Å². The van der Waals surface area contributed by atoms with Crippen molar-refractivity contribution in [1.29, 1.82) is 0 Å². The first kappa shape index (κ1) is 20.0. The maximum Gasteiger partial charge on any atom is 0.305 e. The molecule has 0 aromatic heterocycles. The smallest absolute Gasteiger partial charge is 0.305 e. The molecule has 0 spiro atoms. The molecule has 0 saturated heterocycles. The van der Waals surface area contributed by atoms with Gasteiger partial charge in [0.25, 0.3) is 0 Å². The topological polar surface area (TPSA) is 105 Å². The predicted molar refractivity (Wildman–Crippen MR) is 81.7 cm³/mol. The van der Waals surface area contributed by atoms with E-state index in [1.165, 1.54) is 6.92 Å². The van der Waals surface area contributed by atoms with Gasteiger partial charge in [-0.25, -0.2) is 0 Å². The van der Waals surface area contributed by atoms with E-state index in [-0.39, 0.29) is 18.4 Å². The van der Waals surface area contributed by atoms with Crippen LogP contribution >= 0.6 is 0 Å². The summed E-state index contributed by atoms with van der Waals surface area (Å²) in [5.41, 5.74) is 11.3. The van der Waals surface area contributed by atoms with Crippen LogP contribution in [0.15, 0.2) is 0 Å². The van der Waals surface area contributed by atoms with Crippen LogP contribution in [-0.2, 0) is 19.1 Å². The first-order valence-electron chi connectivity index (χ1n) is 7.62.